The van der Waals surface area contributed by atoms with Crippen LogP contribution in [0.5, 0.6) is 0 Å². The van der Waals surface area contributed by atoms with Crippen molar-refractivity contribution in [1.29, 1.82) is 0 Å². The van der Waals surface area contributed by atoms with Gasteiger partial charge in [0.1, 0.15) is 0 Å². The Labute approximate surface area is 80.2 Å². The summed E-state index contributed by atoms with van der Waals surface area (Å²) in [7, 11) is 3.42. The van der Waals surface area contributed by atoms with Crippen LogP contribution in [0, 0.1) is 11.8 Å². The lowest BCUT2D eigenvalue weighted by atomic mass is 9.93. The second-order valence-electron chi connectivity index (χ2n) is 2.99. The Morgan fingerprint density at radius 3 is 1.83 bits per heavy atom. The second-order valence-corrected chi connectivity index (χ2v) is 3.30. The molecule has 1 atom stereocenters. The molecule has 0 aliphatic carbocycles. The van der Waals surface area contributed by atoms with Gasteiger partial charge in [-0.1, -0.05) is 13.3 Å². The summed E-state index contributed by atoms with van der Waals surface area (Å²) in [5.41, 5.74) is 0. The minimum Gasteiger partial charge on any atom is -0.384 e. The summed E-state index contributed by atoms with van der Waals surface area (Å²) in [5, 5.41) is 0. The van der Waals surface area contributed by atoms with Crippen molar-refractivity contribution in [3.8, 4) is 0 Å². The van der Waals surface area contributed by atoms with Crippen molar-refractivity contribution < 1.29 is 9.47 Å². The molecule has 0 saturated carbocycles. The summed E-state index contributed by atoms with van der Waals surface area (Å²) in [6.07, 6.45) is 1.08. The summed E-state index contributed by atoms with van der Waals surface area (Å²) in [6.45, 7) is 3.61. The topological polar surface area (TPSA) is 18.5 Å². The van der Waals surface area contributed by atoms with Crippen LogP contribution in [0.25, 0.3) is 0 Å². The number of methoxy groups -OCH3 is 2. The first-order valence-corrected chi connectivity index (χ1v) is 4.87. The van der Waals surface area contributed by atoms with Crippen LogP contribution in [-0.4, -0.2) is 33.3 Å². The SMILES string of the molecule is CCC(CCl)C(COC)COC. The van der Waals surface area contributed by atoms with Gasteiger partial charge in [0.15, 0.2) is 0 Å². The molecule has 0 radical (unpaired) electrons. The molecule has 74 valence electrons. The fraction of sp³-hybridized carbons (Fsp3) is 1.00. The smallest absolute Gasteiger partial charge is 0.0515 e. The Morgan fingerprint density at radius 1 is 1.08 bits per heavy atom. The first kappa shape index (κ1) is 12.2. The minimum absolute atomic E-state index is 0.433. The molecule has 0 spiro atoms. The number of hydrogen-bond acceptors (Lipinski definition) is 2. The summed E-state index contributed by atoms with van der Waals surface area (Å²) in [5.74, 6) is 1.63. The van der Waals surface area contributed by atoms with Gasteiger partial charge < -0.3 is 9.47 Å². The summed E-state index contributed by atoms with van der Waals surface area (Å²) < 4.78 is 10.2. The van der Waals surface area contributed by atoms with Gasteiger partial charge in [0.25, 0.3) is 0 Å². The Kier molecular flexibility index (Phi) is 7.98. The molecule has 0 heterocycles. The average Bonchev–Trinajstić information content (AvgIpc) is 2.07. The standard InChI is InChI=1S/C9H19ClO2/c1-4-8(5-10)9(6-11-2)7-12-3/h8-9H,4-7H2,1-3H3. The molecule has 0 saturated heterocycles. The zero-order chi connectivity index (χ0) is 9.40. The van der Waals surface area contributed by atoms with Crippen molar-refractivity contribution in [2.45, 2.75) is 13.3 Å². The summed E-state index contributed by atoms with van der Waals surface area (Å²) in [4.78, 5) is 0. The van der Waals surface area contributed by atoms with E-state index in [2.05, 4.69) is 6.92 Å². The molecule has 2 nitrogen and oxygen atoms in total. The van der Waals surface area contributed by atoms with Crippen molar-refractivity contribution in [3.63, 3.8) is 0 Å². The fourth-order valence-electron chi connectivity index (χ4n) is 1.32. The van der Waals surface area contributed by atoms with Gasteiger partial charge in [-0.15, -0.1) is 11.6 Å². The van der Waals surface area contributed by atoms with Crippen LogP contribution in [0.3, 0.4) is 0 Å². The maximum Gasteiger partial charge on any atom is 0.0515 e. The monoisotopic (exact) mass is 194 g/mol. The molecular formula is C9H19ClO2. The highest BCUT2D eigenvalue weighted by molar-refractivity contribution is 6.18. The maximum atomic E-state index is 5.82. The van der Waals surface area contributed by atoms with Crippen molar-refractivity contribution >= 4 is 11.6 Å². The lowest BCUT2D eigenvalue weighted by molar-refractivity contribution is 0.0580. The van der Waals surface area contributed by atoms with Crippen LogP contribution in [0.4, 0.5) is 0 Å². The quantitative estimate of drug-likeness (QED) is 0.579. The Bertz CT molecular complexity index is 88.5. The third-order valence-electron chi connectivity index (χ3n) is 2.15. The van der Waals surface area contributed by atoms with E-state index in [1.807, 2.05) is 0 Å². The van der Waals surface area contributed by atoms with E-state index < -0.39 is 0 Å². The van der Waals surface area contributed by atoms with E-state index in [4.69, 9.17) is 21.1 Å². The van der Waals surface area contributed by atoms with Crippen LogP contribution >= 0.6 is 11.6 Å². The van der Waals surface area contributed by atoms with Gasteiger partial charge >= 0.3 is 0 Å². The highest BCUT2D eigenvalue weighted by atomic mass is 35.5. The third kappa shape index (κ3) is 4.29. The Morgan fingerprint density at radius 2 is 1.58 bits per heavy atom. The van der Waals surface area contributed by atoms with Gasteiger partial charge in [-0.3, -0.25) is 0 Å². The van der Waals surface area contributed by atoms with E-state index in [9.17, 15) is 0 Å². The number of rotatable bonds is 7. The molecule has 3 heteroatoms. The largest absolute Gasteiger partial charge is 0.384 e. The van der Waals surface area contributed by atoms with E-state index in [1.165, 1.54) is 0 Å². The van der Waals surface area contributed by atoms with Crippen molar-refractivity contribution in [2.24, 2.45) is 11.8 Å². The zero-order valence-electron chi connectivity index (χ0n) is 8.18. The van der Waals surface area contributed by atoms with Gasteiger partial charge in [0, 0.05) is 26.0 Å². The fourth-order valence-corrected chi connectivity index (χ4v) is 1.79. The summed E-state index contributed by atoms with van der Waals surface area (Å²) in [6, 6.07) is 0. The van der Waals surface area contributed by atoms with Crippen molar-refractivity contribution in [2.75, 3.05) is 33.3 Å². The van der Waals surface area contributed by atoms with Crippen molar-refractivity contribution in [3.05, 3.63) is 0 Å². The molecule has 0 aliphatic rings. The summed E-state index contributed by atoms with van der Waals surface area (Å²) >= 11 is 5.82. The van der Waals surface area contributed by atoms with E-state index in [1.54, 1.807) is 14.2 Å². The minimum atomic E-state index is 0.433. The third-order valence-corrected chi connectivity index (χ3v) is 2.55. The molecule has 1 unspecified atom stereocenters. The first-order valence-electron chi connectivity index (χ1n) is 4.33. The molecular weight excluding hydrogens is 176 g/mol. The van der Waals surface area contributed by atoms with E-state index in [-0.39, 0.29) is 0 Å². The van der Waals surface area contributed by atoms with Crippen molar-refractivity contribution in [1.82, 2.24) is 0 Å². The number of halogens is 1. The molecule has 0 fully saturated rings. The molecule has 0 aliphatic heterocycles. The molecule has 0 aromatic carbocycles. The molecule has 0 aromatic heterocycles. The maximum absolute atomic E-state index is 5.82. The highest BCUT2D eigenvalue weighted by Crippen LogP contribution is 2.18. The Hall–Kier alpha value is 0.210. The van der Waals surface area contributed by atoms with Crippen LogP contribution in [0.1, 0.15) is 13.3 Å². The Balaban J connectivity index is 3.86. The van der Waals surface area contributed by atoms with Crippen LogP contribution in [0.2, 0.25) is 0 Å². The zero-order valence-corrected chi connectivity index (χ0v) is 8.93. The highest BCUT2D eigenvalue weighted by Gasteiger charge is 2.18. The van der Waals surface area contributed by atoms with Gasteiger partial charge in [-0.25, -0.2) is 0 Å². The van der Waals surface area contributed by atoms with E-state index in [0.717, 1.165) is 19.6 Å². The first-order chi connectivity index (χ1) is 5.79. The molecule has 0 aromatic rings. The van der Waals surface area contributed by atoms with Gasteiger partial charge in [-0.2, -0.15) is 0 Å². The van der Waals surface area contributed by atoms with Crippen LogP contribution in [0.15, 0.2) is 0 Å². The molecule has 12 heavy (non-hydrogen) atoms. The van der Waals surface area contributed by atoms with Gasteiger partial charge in [0.05, 0.1) is 13.2 Å². The van der Waals surface area contributed by atoms with E-state index >= 15 is 0 Å². The van der Waals surface area contributed by atoms with Crippen LogP contribution < -0.4 is 0 Å². The molecule has 0 N–H and O–H groups in total. The number of hydrogen-bond donors (Lipinski definition) is 0. The predicted octanol–water partition coefficient (Wildman–Crippen LogP) is 2.16. The van der Waals surface area contributed by atoms with E-state index in [0.29, 0.717) is 17.7 Å². The lowest BCUT2D eigenvalue weighted by Crippen LogP contribution is -2.25. The molecule has 0 bridgehead atoms. The lowest BCUT2D eigenvalue weighted by Gasteiger charge is -2.22. The predicted molar refractivity (Wildman–Crippen MR) is 51.7 cm³/mol. The number of alkyl halides is 1. The van der Waals surface area contributed by atoms with Gasteiger partial charge in [-0.05, 0) is 5.92 Å². The van der Waals surface area contributed by atoms with Gasteiger partial charge in [0.2, 0.25) is 0 Å². The number of ether oxygens (including phenoxy) is 2. The molecule has 0 amide bonds. The normalized spacial score (nSPS) is 13.8. The second kappa shape index (κ2) is 7.84. The average molecular weight is 195 g/mol. The van der Waals surface area contributed by atoms with Crippen LogP contribution in [-0.2, 0) is 9.47 Å². The molecule has 0 rings (SSSR count).